The van der Waals surface area contributed by atoms with Crippen LogP contribution in [0.1, 0.15) is 58.5 Å². The SMILES string of the molecule is COc1cc(O)c2c(c1C(=O)NCc1cc(C(=O)C3CC3)cc3ccccc13)OC1=CC(O)=C(C(C)=O)C(=O)[C@]12C. The zero-order chi connectivity index (χ0) is 29.2. The van der Waals surface area contributed by atoms with E-state index in [-0.39, 0.29) is 52.4 Å². The first-order chi connectivity index (χ1) is 19.6. The third-order valence-electron chi connectivity index (χ3n) is 8.05. The molecule has 0 saturated heterocycles. The van der Waals surface area contributed by atoms with Gasteiger partial charge in [-0.15, -0.1) is 0 Å². The maximum absolute atomic E-state index is 13.7. The summed E-state index contributed by atoms with van der Waals surface area (Å²) in [7, 11) is 1.33. The number of nitrogens with one attached hydrogen (secondary N) is 1. The second-order valence-electron chi connectivity index (χ2n) is 10.7. The summed E-state index contributed by atoms with van der Waals surface area (Å²) in [5, 5.41) is 26.0. The number of allylic oxidation sites excluding steroid dienone is 3. The number of aromatic hydroxyl groups is 1. The van der Waals surface area contributed by atoms with E-state index in [2.05, 4.69) is 5.32 Å². The fraction of sp³-hybridized carbons (Fsp3) is 0.250. The lowest BCUT2D eigenvalue weighted by Gasteiger charge is -2.27. The molecule has 0 unspecified atom stereocenters. The molecule has 2 aliphatic carbocycles. The minimum atomic E-state index is -1.65. The Balaban J connectivity index is 1.39. The largest absolute Gasteiger partial charge is 0.507 e. The van der Waals surface area contributed by atoms with Crippen LogP contribution in [-0.2, 0) is 21.5 Å². The number of fused-ring (bicyclic) bond motifs is 4. The van der Waals surface area contributed by atoms with E-state index in [0.29, 0.717) is 5.56 Å². The lowest BCUT2D eigenvalue weighted by Crippen LogP contribution is -2.38. The van der Waals surface area contributed by atoms with Crippen molar-refractivity contribution in [3.63, 3.8) is 0 Å². The van der Waals surface area contributed by atoms with Gasteiger partial charge in [-0.3, -0.25) is 19.2 Å². The molecule has 1 heterocycles. The van der Waals surface area contributed by atoms with Crippen molar-refractivity contribution in [2.24, 2.45) is 5.92 Å². The normalized spacial score (nSPS) is 19.3. The van der Waals surface area contributed by atoms with E-state index in [1.807, 2.05) is 30.3 Å². The molecule has 3 aliphatic rings. The van der Waals surface area contributed by atoms with Crippen LogP contribution in [0.25, 0.3) is 10.8 Å². The Labute approximate surface area is 235 Å². The summed E-state index contributed by atoms with van der Waals surface area (Å²) >= 11 is 0. The molecule has 208 valence electrons. The highest BCUT2D eigenvalue weighted by molar-refractivity contribution is 6.25. The van der Waals surface area contributed by atoms with E-state index in [1.54, 1.807) is 6.07 Å². The van der Waals surface area contributed by atoms with Crippen LogP contribution in [0.15, 0.2) is 65.6 Å². The molecular weight excluding hydrogens is 526 g/mol. The summed E-state index contributed by atoms with van der Waals surface area (Å²) in [6.07, 6.45) is 2.91. The summed E-state index contributed by atoms with van der Waals surface area (Å²) in [5.74, 6) is -2.93. The van der Waals surface area contributed by atoms with Gasteiger partial charge in [-0.2, -0.15) is 0 Å². The molecule has 1 fully saturated rings. The number of rotatable bonds is 7. The third-order valence-corrected chi connectivity index (χ3v) is 8.05. The van der Waals surface area contributed by atoms with Crippen molar-refractivity contribution in [2.45, 2.75) is 38.6 Å². The maximum atomic E-state index is 13.7. The summed E-state index contributed by atoms with van der Waals surface area (Å²) < 4.78 is 11.4. The van der Waals surface area contributed by atoms with Crippen molar-refractivity contribution in [1.82, 2.24) is 5.32 Å². The van der Waals surface area contributed by atoms with Crippen molar-refractivity contribution >= 4 is 34.0 Å². The smallest absolute Gasteiger partial charge is 0.259 e. The van der Waals surface area contributed by atoms with Crippen LogP contribution in [0.3, 0.4) is 0 Å². The molecule has 3 aromatic carbocycles. The molecular formula is C32H27NO8. The van der Waals surface area contributed by atoms with E-state index < -0.39 is 34.2 Å². The Morgan fingerprint density at radius 1 is 1.12 bits per heavy atom. The fourth-order valence-corrected chi connectivity index (χ4v) is 5.74. The number of amides is 1. The first-order valence-corrected chi connectivity index (χ1v) is 13.2. The predicted octanol–water partition coefficient (Wildman–Crippen LogP) is 4.59. The number of carbonyl (C=O) groups is 4. The molecule has 1 saturated carbocycles. The van der Waals surface area contributed by atoms with Gasteiger partial charge in [0.1, 0.15) is 39.6 Å². The van der Waals surface area contributed by atoms with Crippen molar-refractivity contribution < 1.29 is 38.9 Å². The molecule has 1 atom stereocenters. The van der Waals surface area contributed by atoms with Gasteiger partial charge in [0.2, 0.25) is 0 Å². The topological polar surface area (TPSA) is 139 Å². The number of phenols is 1. The second-order valence-corrected chi connectivity index (χ2v) is 10.7. The van der Waals surface area contributed by atoms with E-state index in [4.69, 9.17) is 9.47 Å². The van der Waals surface area contributed by atoms with E-state index in [9.17, 15) is 29.4 Å². The van der Waals surface area contributed by atoms with Gasteiger partial charge in [-0.25, -0.2) is 0 Å². The van der Waals surface area contributed by atoms with Gasteiger partial charge in [-0.05, 0) is 55.2 Å². The lowest BCUT2D eigenvalue weighted by molar-refractivity contribution is -0.123. The summed E-state index contributed by atoms with van der Waals surface area (Å²) in [5.41, 5.74) is -0.799. The molecule has 1 aliphatic heterocycles. The molecule has 1 amide bonds. The Hall–Kier alpha value is -4.92. The van der Waals surface area contributed by atoms with Crippen LogP contribution in [0.5, 0.6) is 17.2 Å². The predicted molar refractivity (Wildman–Crippen MR) is 148 cm³/mol. The van der Waals surface area contributed by atoms with Crippen LogP contribution < -0.4 is 14.8 Å². The van der Waals surface area contributed by atoms with Gasteiger partial charge in [0.25, 0.3) is 5.91 Å². The number of hydrogen-bond donors (Lipinski definition) is 3. The van der Waals surface area contributed by atoms with Crippen molar-refractivity contribution in [3.8, 4) is 17.2 Å². The monoisotopic (exact) mass is 553 g/mol. The average molecular weight is 554 g/mol. The molecule has 3 N–H and O–H groups in total. The van der Waals surface area contributed by atoms with Gasteiger partial charge in [0.05, 0.1) is 12.7 Å². The molecule has 6 rings (SSSR count). The van der Waals surface area contributed by atoms with Gasteiger partial charge in [-0.1, -0.05) is 24.3 Å². The molecule has 0 spiro atoms. The quantitative estimate of drug-likeness (QED) is 0.285. The Bertz CT molecular complexity index is 1780. The van der Waals surface area contributed by atoms with Gasteiger partial charge < -0.3 is 25.0 Å². The maximum Gasteiger partial charge on any atom is 0.259 e. The molecule has 9 nitrogen and oxygen atoms in total. The third kappa shape index (κ3) is 3.99. The molecule has 0 aromatic heterocycles. The number of ketones is 3. The minimum absolute atomic E-state index is 0.000498. The Morgan fingerprint density at radius 2 is 1.85 bits per heavy atom. The number of carbonyl (C=O) groups excluding carboxylic acids is 4. The zero-order valence-corrected chi connectivity index (χ0v) is 22.7. The van der Waals surface area contributed by atoms with Gasteiger partial charge in [0.15, 0.2) is 23.1 Å². The van der Waals surface area contributed by atoms with E-state index >= 15 is 0 Å². The van der Waals surface area contributed by atoms with Crippen LogP contribution in [-0.4, -0.2) is 40.6 Å². The summed E-state index contributed by atoms with van der Waals surface area (Å²) in [6, 6.07) is 12.5. The number of methoxy groups -OCH3 is 1. The highest BCUT2D eigenvalue weighted by Gasteiger charge is 2.55. The number of hydrogen-bond acceptors (Lipinski definition) is 8. The fourth-order valence-electron chi connectivity index (χ4n) is 5.74. The number of aliphatic hydroxyl groups excluding tert-OH is 1. The molecule has 9 heteroatoms. The first-order valence-electron chi connectivity index (χ1n) is 13.2. The lowest BCUT2D eigenvalue weighted by atomic mass is 9.71. The number of phenolic OH excluding ortho intramolecular Hbond substituents is 1. The number of Topliss-reactive ketones (excluding diaryl/α,β-unsaturated/α-hetero) is 3. The van der Waals surface area contributed by atoms with Crippen LogP contribution in [0, 0.1) is 5.92 Å². The number of ether oxygens (including phenoxy) is 2. The highest BCUT2D eigenvalue weighted by Crippen LogP contribution is 2.56. The van der Waals surface area contributed by atoms with Crippen molar-refractivity contribution in [3.05, 3.63) is 87.9 Å². The van der Waals surface area contributed by atoms with Gasteiger partial charge >= 0.3 is 0 Å². The molecule has 41 heavy (non-hydrogen) atoms. The van der Waals surface area contributed by atoms with Crippen molar-refractivity contribution in [1.29, 1.82) is 0 Å². The van der Waals surface area contributed by atoms with Gasteiger partial charge in [0, 0.05) is 30.2 Å². The zero-order valence-electron chi connectivity index (χ0n) is 22.7. The average Bonchev–Trinajstić information content (AvgIpc) is 3.74. The molecule has 0 radical (unpaired) electrons. The molecule has 3 aromatic rings. The van der Waals surface area contributed by atoms with E-state index in [1.165, 1.54) is 20.1 Å². The Kier molecular flexibility index (Phi) is 5.99. The van der Waals surface area contributed by atoms with E-state index in [0.717, 1.165) is 42.2 Å². The van der Waals surface area contributed by atoms with Crippen LogP contribution in [0.4, 0.5) is 0 Å². The Morgan fingerprint density at radius 3 is 2.54 bits per heavy atom. The minimum Gasteiger partial charge on any atom is -0.507 e. The first kappa shape index (κ1) is 26.3. The highest BCUT2D eigenvalue weighted by atomic mass is 16.5. The van der Waals surface area contributed by atoms with Crippen molar-refractivity contribution in [2.75, 3.05) is 7.11 Å². The second kappa shape index (κ2) is 9.33. The summed E-state index contributed by atoms with van der Waals surface area (Å²) in [4.78, 5) is 52.2. The van der Waals surface area contributed by atoms with Crippen LogP contribution in [0.2, 0.25) is 0 Å². The summed E-state index contributed by atoms with van der Waals surface area (Å²) in [6.45, 7) is 2.69. The van der Waals surface area contributed by atoms with Crippen LogP contribution >= 0.6 is 0 Å². The number of benzene rings is 3. The number of aliphatic hydroxyl groups is 1. The molecule has 0 bridgehead atoms. The standard InChI is InChI=1S/C32H27NO8/c1-15(34)25-21(35)13-24-32(2,30(25)38)27-22(36)12-23(40-3)26(29(27)41-24)31(39)33-14-19-11-18(28(37)16-8-9-16)10-17-6-4-5-7-20(17)19/h4-7,10-13,16,35-36H,8-9,14H2,1-3H3,(H,33,39)/t32-/m1/s1.